The first-order valence-corrected chi connectivity index (χ1v) is 6.22. The van der Waals surface area contributed by atoms with Crippen LogP contribution < -0.4 is 4.57 Å². The lowest BCUT2D eigenvalue weighted by Gasteiger charge is -1.94. The average molecular weight is 322 g/mol. The zero-order valence-electron chi connectivity index (χ0n) is 9.10. The highest BCUT2D eigenvalue weighted by Crippen LogP contribution is 2.09. The van der Waals surface area contributed by atoms with Crippen LogP contribution in [0.2, 0.25) is 0 Å². The molecule has 0 radical (unpaired) electrons. The minimum Gasteiger partial charge on any atom is -0.202 e. The molecule has 0 bridgehead atoms. The molecule has 0 spiro atoms. The summed E-state index contributed by atoms with van der Waals surface area (Å²) in [4.78, 5) is 0. The van der Waals surface area contributed by atoms with Gasteiger partial charge in [-0.2, -0.15) is 0 Å². The first-order valence-electron chi connectivity index (χ1n) is 5.14. The molecule has 1 heterocycles. The van der Waals surface area contributed by atoms with E-state index in [9.17, 15) is 0 Å². The Morgan fingerprint density at radius 2 is 1.75 bits per heavy atom. The highest BCUT2D eigenvalue weighted by molar-refractivity contribution is 14.1. The number of hydrogen-bond acceptors (Lipinski definition) is 0. The molecular weight excluding hydrogens is 309 g/mol. The molecule has 2 aromatic rings. The van der Waals surface area contributed by atoms with Crippen molar-refractivity contribution in [2.75, 3.05) is 0 Å². The normalized spacial score (nSPS) is 10.9. The third kappa shape index (κ3) is 2.92. The Morgan fingerprint density at radius 1 is 1.00 bits per heavy atom. The van der Waals surface area contributed by atoms with Crippen LogP contribution in [0.4, 0.5) is 0 Å². The van der Waals surface area contributed by atoms with Gasteiger partial charge in [-0.05, 0) is 52.4 Å². The van der Waals surface area contributed by atoms with Crippen LogP contribution in [-0.2, 0) is 7.05 Å². The van der Waals surface area contributed by atoms with Gasteiger partial charge in [0.25, 0.3) is 0 Å². The molecule has 16 heavy (non-hydrogen) atoms. The first kappa shape index (κ1) is 11.3. The summed E-state index contributed by atoms with van der Waals surface area (Å²) in [6, 6.07) is 14.7. The molecule has 80 valence electrons. The zero-order chi connectivity index (χ0) is 11.4. The number of rotatable bonds is 2. The topological polar surface area (TPSA) is 3.88 Å². The van der Waals surface area contributed by atoms with E-state index < -0.39 is 0 Å². The Labute approximate surface area is 110 Å². The molecule has 0 aliphatic heterocycles. The third-order valence-corrected chi connectivity index (χ3v) is 3.13. The van der Waals surface area contributed by atoms with Crippen LogP contribution >= 0.6 is 22.6 Å². The molecular formula is C14H13IN+. The molecule has 0 unspecified atom stereocenters. The Balaban J connectivity index is 2.21. The minimum atomic E-state index is 1.20. The summed E-state index contributed by atoms with van der Waals surface area (Å²) in [5.74, 6) is 0. The number of halogens is 1. The van der Waals surface area contributed by atoms with Crippen molar-refractivity contribution in [1.82, 2.24) is 0 Å². The minimum absolute atomic E-state index is 1.20. The summed E-state index contributed by atoms with van der Waals surface area (Å²) in [5.41, 5.74) is 2.42. The van der Waals surface area contributed by atoms with Gasteiger partial charge in [-0.1, -0.05) is 12.1 Å². The average Bonchev–Trinajstić information content (AvgIpc) is 2.30. The van der Waals surface area contributed by atoms with Crippen LogP contribution in [-0.4, -0.2) is 0 Å². The summed E-state index contributed by atoms with van der Waals surface area (Å²) >= 11 is 2.31. The first-order chi connectivity index (χ1) is 7.75. The van der Waals surface area contributed by atoms with E-state index in [0.29, 0.717) is 0 Å². The summed E-state index contributed by atoms with van der Waals surface area (Å²) < 4.78 is 3.36. The van der Waals surface area contributed by atoms with Gasteiger partial charge in [0.2, 0.25) is 5.69 Å². The maximum absolute atomic E-state index is 2.31. The summed E-state index contributed by atoms with van der Waals surface area (Å²) in [7, 11) is 2.05. The molecule has 1 aromatic carbocycles. The summed E-state index contributed by atoms with van der Waals surface area (Å²) in [5, 5.41) is 0. The number of pyridine rings is 1. The molecule has 2 rings (SSSR count). The number of aryl methyl sites for hydroxylation is 1. The van der Waals surface area contributed by atoms with Crippen molar-refractivity contribution in [3.8, 4) is 0 Å². The molecule has 0 saturated carbocycles. The van der Waals surface area contributed by atoms with Crippen molar-refractivity contribution < 1.29 is 4.57 Å². The van der Waals surface area contributed by atoms with E-state index in [1.54, 1.807) is 0 Å². The van der Waals surface area contributed by atoms with Crippen molar-refractivity contribution in [3.05, 3.63) is 63.5 Å². The van der Waals surface area contributed by atoms with Crippen molar-refractivity contribution in [1.29, 1.82) is 0 Å². The molecule has 0 N–H and O–H groups in total. The van der Waals surface area contributed by atoms with Crippen LogP contribution in [0, 0.1) is 3.57 Å². The number of nitrogens with zero attached hydrogens (tertiary/aromatic N) is 1. The van der Waals surface area contributed by atoms with Gasteiger partial charge < -0.3 is 0 Å². The van der Waals surface area contributed by atoms with E-state index in [-0.39, 0.29) is 0 Å². The van der Waals surface area contributed by atoms with Crippen LogP contribution in [0.15, 0.2) is 48.7 Å². The van der Waals surface area contributed by atoms with Crippen molar-refractivity contribution in [3.63, 3.8) is 0 Å². The largest absolute Gasteiger partial charge is 0.204 e. The third-order valence-electron chi connectivity index (χ3n) is 2.41. The maximum atomic E-state index is 2.31. The number of aromatic nitrogens is 1. The van der Waals surface area contributed by atoms with Crippen molar-refractivity contribution in [2.45, 2.75) is 0 Å². The van der Waals surface area contributed by atoms with Crippen LogP contribution in [0.5, 0.6) is 0 Å². The zero-order valence-corrected chi connectivity index (χ0v) is 11.3. The smallest absolute Gasteiger partial charge is 0.202 e. The van der Waals surface area contributed by atoms with Crippen molar-refractivity contribution in [2.24, 2.45) is 7.05 Å². The van der Waals surface area contributed by atoms with Crippen LogP contribution in [0.3, 0.4) is 0 Å². The summed E-state index contributed by atoms with van der Waals surface area (Å²) in [6.07, 6.45) is 6.31. The predicted octanol–water partition coefficient (Wildman–Crippen LogP) is 3.29. The van der Waals surface area contributed by atoms with Gasteiger partial charge in [-0.15, -0.1) is 0 Å². The van der Waals surface area contributed by atoms with E-state index >= 15 is 0 Å². The Morgan fingerprint density at radius 3 is 2.44 bits per heavy atom. The highest BCUT2D eigenvalue weighted by Gasteiger charge is 1.98. The molecule has 0 saturated heterocycles. The Hall–Kier alpha value is -1.16. The van der Waals surface area contributed by atoms with E-state index in [1.807, 2.05) is 25.4 Å². The lowest BCUT2D eigenvalue weighted by Crippen LogP contribution is -2.30. The lowest BCUT2D eigenvalue weighted by atomic mass is 10.2. The molecule has 1 aromatic heterocycles. The number of hydrogen-bond donors (Lipinski definition) is 0. The molecule has 1 nitrogen and oxygen atoms in total. The monoisotopic (exact) mass is 322 g/mol. The molecule has 0 aliphatic rings. The second-order valence-corrected chi connectivity index (χ2v) is 4.87. The maximum Gasteiger partial charge on any atom is 0.204 e. The van der Waals surface area contributed by atoms with Gasteiger partial charge in [-0.3, -0.25) is 0 Å². The van der Waals surface area contributed by atoms with Gasteiger partial charge in [0.15, 0.2) is 6.20 Å². The SMILES string of the molecule is C[n+]1ccccc1/C=C/c1ccc(I)cc1. The molecule has 0 atom stereocenters. The molecule has 0 fully saturated rings. The molecule has 0 amide bonds. The van der Waals surface area contributed by atoms with Gasteiger partial charge in [-0.25, -0.2) is 4.57 Å². The number of benzene rings is 1. The van der Waals surface area contributed by atoms with Crippen molar-refractivity contribution >= 4 is 34.7 Å². The second-order valence-electron chi connectivity index (χ2n) is 3.62. The van der Waals surface area contributed by atoms with E-state index in [2.05, 4.69) is 69.6 Å². The Kier molecular flexibility index (Phi) is 3.72. The van der Waals surface area contributed by atoms with Gasteiger partial charge in [0, 0.05) is 21.8 Å². The molecule has 2 heteroatoms. The van der Waals surface area contributed by atoms with Crippen LogP contribution in [0.1, 0.15) is 11.3 Å². The predicted molar refractivity (Wildman–Crippen MR) is 75.7 cm³/mol. The summed E-state index contributed by atoms with van der Waals surface area (Å²) in [6.45, 7) is 0. The Bertz CT molecular complexity index is 500. The van der Waals surface area contributed by atoms with E-state index in [4.69, 9.17) is 0 Å². The fourth-order valence-electron chi connectivity index (χ4n) is 1.47. The quantitative estimate of drug-likeness (QED) is 0.590. The van der Waals surface area contributed by atoms with E-state index in [1.165, 1.54) is 14.8 Å². The standard InChI is InChI=1S/C14H13IN/c1-16-11-3-2-4-14(16)10-7-12-5-8-13(15)9-6-12/h2-11H,1H3/q+1/b10-7+. The lowest BCUT2D eigenvalue weighted by molar-refractivity contribution is -0.673. The van der Waals surface area contributed by atoms with Gasteiger partial charge >= 0.3 is 0 Å². The molecule has 0 aliphatic carbocycles. The fraction of sp³-hybridized carbons (Fsp3) is 0.0714. The second kappa shape index (κ2) is 5.25. The fourth-order valence-corrected chi connectivity index (χ4v) is 1.82. The van der Waals surface area contributed by atoms with E-state index in [0.717, 1.165) is 0 Å². The van der Waals surface area contributed by atoms with Crippen LogP contribution in [0.25, 0.3) is 12.2 Å². The highest BCUT2D eigenvalue weighted by atomic mass is 127. The van der Waals surface area contributed by atoms with Gasteiger partial charge in [0.1, 0.15) is 7.05 Å². The van der Waals surface area contributed by atoms with Gasteiger partial charge in [0.05, 0.1) is 0 Å².